The smallest absolute Gasteiger partial charge is 0.228 e. The van der Waals surface area contributed by atoms with E-state index in [9.17, 15) is 4.79 Å². The van der Waals surface area contributed by atoms with Crippen LogP contribution in [-0.4, -0.2) is 34.9 Å². The van der Waals surface area contributed by atoms with Gasteiger partial charge in [0.25, 0.3) is 0 Å². The van der Waals surface area contributed by atoms with E-state index in [-0.39, 0.29) is 11.9 Å². The second kappa shape index (κ2) is 6.89. The van der Waals surface area contributed by atoms with E-state index in [1.54, 1.807) is 11.3 Å². The number of rotatable bonds is 4. The zero-order valence-electron chi connectivity index (χ0n) is 12.2. The zero-order valence-corrected chi connectivity index (χ0v) is 14.6. The molecule has 3 rings (SSSR count). The topological polar surface area (TPSA) is 59.2 Å². The number of benzene rings is 1. The normalized spacial score (nSPS) is 17.9. The molecule has 1 aromatic carbocycles. The number of carbonyl (C=O) groups is 1. The average Bonchev–Trinajstić information content (AvgIpc) is 3.15. The lowest BCUT2D eigenvalue weighted by molar-refractivity contribution is -0.131. The van der Waals surface area contributed by atoms with Gasteiger partial charge >= 0.3 is 0 Å². The lowest BCUT2D eigenvalue weighted by Gasteiger charge is -2.23. The Labute approximate surface area is 142 Å². The van der Waals surface area contributed by atoms with E-state index in [1.807, 2.05) is 34.5 Å². The van der Waals surface area contributed by atoms with Crippen molar-refractivity contribution in [3.63, 3.8) is 0 Å². The summed E-state index contributed by atoms with van der Waals surface area (Å²) in [4.78, 5) is 18.9. The maximum Gasteiger partial charge on any atom is 0.228 e. The van der Waals surface area contributed by atoms with Gasteiger partial charge in [-0.2, -0.15) is 0 Å². The molecule has 1 unspecified atom stereocenters. The first-order valence-electron chi connectivity index (χ1n) is 7.37. The van der Waals surface area contributed by atoms with Crippen molar-refractivity contribution in [1.29, 1.82) is 0 Å². The van der Waals surface area contributed by atoms with Crippen molar-refractivity contribution in [1.82, 2.24) is 9.88 Å². The number of hydrogen-bond acceptors (Lipinski definition) is 4. The van der Waals surface area contributed by atoms with Crippen molar-refractivity contribution < 1.29 is 4.79 Å². The predicted molar refractivity (Wildman–Crippen MR) is 92.7 cm³/mol. The Bertz CT molecular complexity index is 673. The largest absolute Gasteiger partial charge is 0.338 e. The van der Waals surface area contributed by atoms with E-state index in [0.717, 1.165) is 40.1 Å². The van der Waals surface area contributed by atoms with Crippen molar-refractivity contribution in [3.8, 4) is 10.6 Å². The van der Waals surface area contributed by atoms with Crippen LogP contribution in [0.5, 0.6) is 0 Å². The molecule has 2 aromatic rings. The Hall–Kier alpha value is -1.24. The molecule has 1 amide bonds. The predicted octanol–water partition coefficient (Wildman–Crippen LogP) is 3.06. The van der Waals surface area contributed by atoms with E-state index in [1.165, 1.54) is 0 Å². The Morgan fingerprint density at radius 3 is 3.14 bits per heavy atom. The molecule has 4 nitrogen and oxygen atoms in total. The molecule has 22 heavy (non-hydrogen) atoms. The van der Waals surface area contributed by atoms with Gasteiger partial charge in [0, 0.05) is 34.5 Å². The molecular weight excluding hydrogens is 362 g/mol. The summed E-state index contributed by atoms with van der Waals surface area (Å²) in [6, 6.07) is 8.25. The van der Waals surface area contributed by atoms with Gasteiger partial charge in [0.2, 0.25) is 5.91 Å². The lowest BCUT2D eigenvalue weighted by Crippen LogP contribution is -2.40. The van der Waals surface area contributed by atoms with Gasteiger partial charge in [-0.1, -0.05) is 28.1 Å². The lowest BCUT2D eigenvalue weighted by atomic mass is 10.2. The van der Waals surface area contributed by atoms with Crippen LogP contribution < -0.4 is 5.73 Å². The van der Waals surface area contributed by atoms with Gasteiger partial charge in [-0.25, -0.2) is 4.98 Å². The maximum atomic E-state index is 12.4. The second-order valence-electron chi connectivity index (χ2n) is 5.45. The molecule has 0 radical (unpaired) electrons. The molecule has 0 aliphatic carbocycles. The number of thiazole rings is 1. The van der Waals surface area contributed by atoms with Crippen molar-refractivity contribution >= 4 is 33.2 Å². The van der Waals surface area contributed by atoms with E-state index < -0.39 is 0 Å². The van der Waals surface area contributed by atoms with Gasteiger partial charge in [-0.15, -0.1) is 11.3 Å². The first-order chi connectivity index (χ1) is 10.7. The number of likely N-dealkylation sites (tertiary alicyclic amines) is 1. The SMILES string of the molecule is NCC1CCCN1C(=O)Cc1csc(-c2cccc(Br)c2)n1. The third-order valence-electron chi connectivity index (χ3n) is 3.93. The Morgan fingerprint density at radius 2 is 2.36 bits per heavy atom. The molecule has 0 bridgehead atoms. The number of nitrogens with zero attached hydrogens (tertiary/aromatic N) is 2. The number of nitrogens with two attached hydrogens (primary N) is 1. The number of amides is 1. The van der Waals surface area contributed by atoms with Crippen LogP contribution in [0.1, 0.15) is 18.5 Å². The molecule has 116 valence electrons. The highest BCUT2D eigenvalue weighted by atomic mass is 79.9. The molecule has 0 spiro atoms. The summed E-state index contributed by atoms with van der Waals surface area (Å²) in [7, 11) is 0. The van der Waals surface area contributed by atoms with E-state index >= 15 is 0 Å². The number of hydrogen-bond donors (Lipinski definition) is 1. The summed E-state index contributed by atoms with van der Waals surface area (Å²) < 4.78 is 1.03. The first kappa shape index (κ1) is 15.6. The average molecular weight is 380 g/mol. The number of carbonyl (C=O) groups excluding carboxylic acids is 1. The second-order valence-corrected chi connectivity index (χ2v) is 7.22. The zero-order chi connectivity index (χ0) is 15.5. The Balaban J connectivity index is 1.70. The highest BCUT2D eigenvalue weighted by Crippen LogP contribution is 2.27. The van der Waals surface area contributed by atoms with Crippen LogP contribution in [0.25, 0.3) is 10.6 Å². The van der Waals surface area contributed by atoms with Gasteiger partial charge < -0.3 is 10.6 Å². The summed E-state index contributed by atoms with van der Waals surface area (Å²) in [6.07, 6.45) is 2.43. The van der Waals surface area contributed by atoms with Crippen molar-refractivity contribution in [3.05, 3.63) is 39.8 Å². The molecule has 1 fully saturated rings. The monoisotopic (exact) mass is 379 g/mol. The minimum atomic E-state index is 0.138. The Kier molecular flexibility index (Phi) is 4.90. The van der Waals surface area contributed by atoms with Gasteiger partial charge in [-0.05, 0) is 25.0 Å². The van der Waals surface area contributed by atoms with Crippen molar-refractivity contribution in [2.75, 3.05) is 13.1 Å². The molecule has 2 heterocycles. The summed E-state index contributed by atoms with van der Waals surface area (Å²) in [6.45, 7) is 1.37. The van der Waals surface area contributed by atoms with E-state index in [0.29, 0.717) is 13.0 Å². The fourth-order valence-electron chi connectivity index (χ4n) is 2.81. The van der Waals surface area contributed by atoms with Crippen LogP contribution in [0.3, 0.4) is 0 Å². The minimum Gasteiger partial charge on any atom is -0.338 e. The molecule has 1 aliphatic heterocycles. The van der Waals surface area contributed by atoms with Gasteiger partial charge in [0.05, 0.1) is 12.1 Å². The molecule has 2 N–H and O–H groups in total. The Morgan fingerprint density at radius 1 is 1.50 bits per heavy atom. The van der Waals surface area contributed by atoms with Crippen LogP contribution in [0.2, 0.25) is 0 Å². The van der Waals surface area contributed by atoms with Crippen LogP contribution in [0, 0.1) is 0 Å². The summed E-state index contributed by atoms with van der Waals surface area (Å²) in [5.41, 5.74) is 7.65. The fraction of sp³-hybridized carbons (Fsp3) is 0.375. The minimum absolute atomic E-state index is 0.138. The molecule has 1 saturated heterocycles. The number of halogens is 1. The van der Waals surface area contributed by atoms with Crippen LogP contribution >= 0.6 is 27.3 Å². The molecule has 6 heteroatoms. The summed E-state index contributed by atoms with van der Waals surface area (Å²) in [5, 5.41) is 2.92. The maximum absolute atomic E-state index is 12.4. The van der Waals surface area contributed by atoms with Crippen molar-refractivity contribution in [2.24, 2.45) is 5.73 Å². The van der Waals surface area contributed by atoms with Crippen LogP contribution in [0.4, 0.5) is 0 Å². The van der Waals surface area contributed by atoms with E-state index in [2.05, 4.69) is 20.9 Å². The highest BCUT2D eigenvalue weighted by molar-refractivity contribution is 9.10. The third kappa shape index (κ3) is 3.39. The van der Waals surface area contributed by atoms with Gasteiger partial charge in [0.15, 0.2) is 0 Å². The van der Waals surface area contributed by atoms with Crippen LogP contribution in [0.15, 0.2) is 34.1 Å². The third-order valence-corrected chi connectivity index (χ3v) is 5.36. The molecule has 1 aliphatic rings. The van der Waals surface area contributed by atoms with Crippen molar-refractivity contribution in [2.45, 2.75) is 25.3 Å². The van der Waals surface area contributed by atoms with Gasteiger partial charge in [0.1, 0.15) is 5.01 Å². The van der Waals surface area contributed by atoms with E-state index in [4.69, 9.17) is 5.73 Å². The number of aromatic nitrogens is 1. The quantitative estimate of drug-likeness (QED) is 0.887. The van der Waals surface area contributed by atoms with Crippen LogP contribution in [-0.2, 0) is 11.2 Å². The molecular formula is C16H18BrN3OS. The standard InChI is InChI=1S/C16H18BrN3OS/c17-12-4-1-3-11(7-12)16-19-13(10-22-16)8-15(21)20-6-2-5-14(20)9-18/h1,3-4,7,10,14H,2,5-6,8-9,18H2. The molecule has 1 aromatic heterocycles. The first-order valence-corrected chi connectivity index (χ1v) is 9.04. The van der Waals surface area contributed by atoms with Gasteiger partial charge in [-0.3, -0.25) is 4.79 Å². The molecule has 0 saturated carbocycles. The summed E-state index contributed by atoms with van der Waals surface area (Å²) >= 11 is 5.04. The summed E-state index contributed by atoms with van der Waals surface area (Å²) in [5.74, 6) is 0.138. The highest BCUT2D eigenvalue weighted by Gasteiger charge is 2.27. The fourth-order valence-corrected chi connectivity index (χ4v) is 4.02. The molecule has 1 atom stereocenters.